The summed E-state index contributed by atoms with van der Waals surface area (Å²) < 4.78 is 5.53. The minimum atomic E-state index is -0.815. The van der Waals surface area contributed by atoms with Crippen molar-refractivity contribution in [2.45, 2.75) is 45.3 Å². The van der Waals surface area contributed by atoms with Crippen LogP contribution in [0.2, 0.25) is 0 Å². The van der Waals surface area contributed by atoms with Gasteiger partial charge in [-0.2, -0.15) is 0 Å². The largest absolute Gasteiger partial charge is 0.373 e. The molecule has 0 radical (unpaired) electrons. The number of nitrogens with zero attached hydrogens (tertiary/aromatic N) is 1. The minimum Gasteiger partial charge on any atom is -0.373 e. The fourth-order valence-corrected chi connectivity index (χ4v) is 2.27. The summed E-state index contributed by atoms with van der Waals surface area (Å²) in [4.78, 5) is 25.0. The normalized spacial score (nSPS) is 22.7. The number of carbonyl (C=O) groups is 2. The smallest absolute Gasteiger partial charge is 0.242 e. The van der Waals surface area contributed by atoms with E-state index < -0.39 is 5.54 Å². The molecule has 2 atom stereocenters. The van der Waals surface area contributed by atoms with Gasteiger partial charge in [0.1, 0.15) is 0 Å². The average Bonchev–Trinajstić information content (AvgIpc) is 2.35. The molecule has 1 aliphatic heterocycles. The first-order chi connectivity index (χ1) is 8.86. The molecule has 6 heteroatoms. The van der Waals surface area contributed by atoms with Crippen LogP contribution in [0.5, 0.6) is 0 Å². The molecule has 110 valence electrons. The third-order valence-electron chi connectivity index (χ3n) is 3.26. The van der Waals surface area contributed by atoms with Gasteiger partial charge in [0.25, 0.3) is 0 Å². The highest BCUT2D eigenvalue weighted by Gasteiger charge is 2.34. The van der Waals surface area contributed by atoms with Gasteiger partial charge in [-0.15, -0.1) is 0 Å². The number of rotatable bonds is 5. The second-order valence-corrected chi connectivity index (χ2v) is 5.35. The molecule has 1 fully saturated rings. The Morgan fingerprint density at radius 2 is 2.21 bits per heavy atom. The first-order valence-corrected chi connectivity index (χ1v) is 6.81. The molecule has 1 aliphatic rings. The maximum absolute atomic E-state index is 12.4. The molecule has 1 saturated heterocycles. The van der Waals surface area contributed by atoms with Crippen LogP contribution in [0.4, 0.5) is 0 Å². The van der Waals surface area contributed by atoms with Crippen LogP contribution in [-0.4, -0.2) is 54.6 Å². The van der Waals surface area contributed by atoms with E-state index in [1.165, 1.54) is 6.92 Å². The summed E-state index contributed by atoms with van der Waals surface area (Å²) in [6.07, 6.45) is 1.39. The van der Waals surface area contributed by atoms with Gasteiger partial charge in [-0.05, 0) is 13.3 Å². The lowest BCUT2D eigenvalue weighted by Gasteiger charge is -2.37. The zero-order chi connectivity index (χ0) is 14.5. The first-order valence-electron chi connectivity index (χ1n) is 6.81. The molecule has 0 saturated carbocycles. The summed E-state index contributed by atoms with van der Waals surface area (Å²) in [5.74, 6) is -0.132. The van der Waals surface area contributed by atoms with E-state index in [-0.39, 0.29) is 17.9 Å². The Labute approximate surface area is 114 Å². The maximum atomic E-state index is 12.4. The van der Waals surface area contributed by atoms with Crippen LogP contribution in [0.3, 0.4) is 0 Å². The number of hydrogen-bond acceptors (Lipinski definition) is 4. The van der Waals surface area contributed by atoms with Gasteiger partial charge in [-0.3, -0.25) is 9.59 Å². The zero-order valence-electron chi connectivity index (χ0n) is 12.1. The summed E-state index contributed by atoms with van der Waals surface area (Å²) in [7, 11) is 0. The highest BCUT2D eigenvalue weighted by molar-refractivity contribution is 5.85. The van der Waals surface area contributed by atoms with Gasteiger partial charge in [-0.1, -0.05) is 13.3 Å². The molecular formula is C13H25N3O3. The van der Waals surface area contributed by atoms with E-state index in [4.69, 9.17) is 10.5 Å². The van der Waals surface area contributed by atoms with Crippen LogP contribution in [0.25, 0.3) is 0 Å². The lowest BCUT2D eigenvalue weighted by atomic mass is 9.95. The second kappa shape index (κ2) is 6.86. The SMILES string of the molecule is CCCC(C)(N)C(=O)N1CCOC(CNC(C)=O)C1. The standard InChI is InChI=1S/C13H25N3O3/c1-4-5-13(3,14)12(18)16-6-7-19-11(9-16)8-15-10(2)17/h11H,4-9,14H2,1-3H3,(H,15,17). The van der Waals surface area contributed by atoms with Gasteiger partial charge in [0, 0.05) is 26.6 Å². The van der Waals surface area contributed by atoms with Crippen molar-refractivity contribution in [3.8, 4) is 0 Å². The fraction of sp³-hybridized carbons (Fsp3) is 0.846. The van der Waals surface area contributed by atoms with Crippen LogP contribution >= 0.6 is 0 Å². The molecule has 0 spiro atoms. The van der Waals surface area contributed by atoms with Crippen LogP contribution in [-0.2, 0) is 14.3 Å². The van der Waals surface area contributed by atoms with Crippen molar-refractivity contribution in [2.75, 3.05) is 26.2 Å². The predicted molar refractivity (Wildman–Crippen MR) is 72.5 cm³/mol. The Morgan fingerprint density at radius 3 is 2.79 bits per heavy atom. The van der Waals surface area contributed by atoms with Crippen molar-refractivity contribution >= 4 is 11.8 Å². The number of amides is 2. The van der Waals surface area contributed by atoms with Crippen molar-refractivity contribution in [2.24, 2.45) is 5.73 Å². The maximum Gasteiger partial charge on any atom is 0.242 e. The molecule has 6 nitrogen and oxygen atoms in total. The third kappa shape index (κ3) is 4.80. The van der Waals surface area contributed by atoms with E-state index in [2.05, 4.69) is 5.32 Å². The van der Waals surface area contributed by atoms with Crippen molar-refractivity contribution in [3.63, 3.8) is 0 Å². The second-order valence-electron chi connectivity index (χ2n) is 5.35. The molecule has 2 unspecified atom stereocenters. The molecule has 3 N–H and O–H groups in total. The van der Waals surface area contributed by atoms with Crippen molar-refractivity contribution in [3.05, 3.63) is 0 Å². The molecule has 0 aliphatic carbocycles. The Balaban J connectivity index is 2.54. The predicted octanol–water partition coefficient (Wildman–Crippen LogP) is -0.133. The minimum absolute atomic E-state index is 0.0366. The molecule has 0 bridgehead atoms. The van der Waals surface area contributed by atoms with Gasteiger partial charge >= 0.3 is 0 Å². The lowest BCUT2D eigenvalue weighted by molar-refractivity contribution is -0.144. The monoisotopic (exact) mass is 271 g/mol. The molecule has 19 heavy (non-hydrogen) atoms. The Bertz CT molecular complexity index is 331. The van der Waals surface area contributed by atoms with Gasteiger partial charge in [0.05, 0.1) is 18.2 Å². The number of nitrogens with one attached hydrogen (secondary N) is 1. The van der Waals surface area contributed by atoms with Crippen LogP contribution in [0.1, 0.15) is 33.6 Å². The zero-order valence-corrected chi connectivity index (χ0v) is 12.1. The van der Waals surface area contributed by atoms with Crippen molar-refractivity contribution < 1.29 is 14.3 Å². The van der Waals surface area contributed by atoms with E-state index in [0.29, 0.717) is 32.7 Å². The molecule has 2 amide bonds. The Hall–Kier alpha value is -1.14. The molecule has 1 rings (SSSR count). The van der Waals surface area contributed by atoms with E-state index >= 15 is 0 Å². The average molecular weight is 271 g/mol. The molecule has 0 aromatic heterocycles. The van der Waals surface area contributed by atoms with Crippen LogP contribution in [0, 0.1) is 0 Å². The lowest BCUT2D eigenvalue weighted by Crippen LogP contribution is -2.58. The number of ether oxygens (including phenoxy) is 1. The summed E-state index contributed by atoms with van der Waals surface area (Å²) in [5.41, 5.74) is 5.25. The van der Waals surface area contributed by atoms with E-state index in [1.807, 2.05) is 6.92 Å². The summed E-state index contributed by atoms with van der Waals surface area (Å²) in [6, 6.07) is 0. The number of hydrogen-bond donors (Lipinski definition) is 2. The molecule has 1 heterocycles. The van der Waals surface area contributed by atoms with Crippen LogP contribution in [0.15, 0.2) is 0 Å². The summed E-state index contributed by atoms with van der Waals surface area (Å²) in [6.45, 7) is 7.20. The van der Waals surface area contributed by atoms with Crippen molar-refractivity contribution in [1.82, 2.24) is 10.2 Å². The summed E-state index contributed by atoms with van der Waals surface area (Å²) in [5, 5.41) is 2.71. The van der Waals surface area contributed by atoms with Gasteiger partial charge in [-0.25, -0.2) is 0 Å². The van der Waals surface area contributed by atoms with Gasteiger partial charge in [0.2, 0.25) is 11.8 Å². The molecular weight excluding hydrogens is 246 g/mol. The highest BCUT2D eigenvalue weighted by Crippen LogP contribution is 2.15. The quantitative estimate of drug-likeness (QED) is 0.729. The highest BCUT2D eigenvalue weighted by atomic mass is 16.5. The third-order valence-corrected chi connectivity index (χ3v) is 3.26. The topological polar surface area (TPSA) is 84.7 Å². The van der Waals surface area contributed by atoms with Gasteiger partial charge < -0.3 is 20.7 Å². The Morgan fingerprint density at radius 1 is 1.53 bits per heavy atom. The first kappa shape index (κ1) is 15.9. The fourth-order valence-electron chi connectivity index (χ4n) is 2.27. The molecule has 0 aromatic rings. The molecule has 0 aromatic carbocycles. The van der Waals surface area contributed by atoms with E-state index in [9.17, 15) is 9.59 Å². The van der Waals surface area contributed by atoms with Gasteiger partial charge in [0.15, 0.2) is 0 Å². The summed E-state index contributed by atoms with van der Waals surface area (Å²) >= 11 is 0. The number of nitrogens with two attached hydrogens (primary N) is 1. The number of carbonyl (C=O) groups excluding carboxylic acids is 2. The Kier molecular flexibility index (Phi) is 5.75. The van der Waals surface area contributed by atoms with E-state index in [1.54, 1.807) is 11.8 Å². The van der Waals surface area contributed by atoms with Crippen molar-refractivity contribution in [1.29, 1.82) is 0 Å². The van der Waals surface area contributed by atoms with Crippen LogP contribution < -0.4 is 11.1 Å². The number of morpholine rings is 1. The van der Waals surface area contributed by atoms with E-state index in [0.717, 1.165) is 6.42 Å².